The van der Waals surface area contributed by atoms with Crippen molar-refractivity contribution in [3.63, 3.8) is 0 Å². The van der Waals surface area contributed by atoms with Crippen molar-refractivity contribution in [2.24, 2.45) is 17.4 Å². The minimum absolute atomic E-state index is 0.0639. The molecule has 1 amide bonds. The summed E-state index contributed by atoms with van der Waals surface area (Å²) < 4.78 is 17.0. The second kappa shape index (κ2) is 11.8. The summed E-state index contributed by atoms with van der Waals surface area (Å²) in [5, 5.41) is 17.9. The second-order valence-corrected chi connectivity index (χ2v) is 12.8. The Balaban J connectivity index is 1.14. The van der Waals surface area contributed by atoms with Crippen LogP contribution in [0.1, 0.15) is 25.7 Å². The molecule has 226 valence electrons. The monoisotopic (exact) mass is 616 g/mol. The number of aromatic nitrogens is 1. The minimum atomic E-state index is -0.598. The summed E-state index contributed by atoms with van der Waals surface area (Å²) in [6, 6.07) is 3.70. The number of ether oxygens (including phenoxy) is 1. The average Bonchev–Trinajstić information content (AvgIpc) is 3.75. The standard InChI is InChI=1S/C26H36N10O4S2/c27-14-3-1-2-4-15(14)31-26-33-24(20(23(28)38)25-29-12-30-36(25)26)32-18-10-17(42-34-18)13-11-41-22-16(37)9-19(40-21(13)22)35-5-7-39-8-6-35/h9-11,14-15,20,24-26,29-31,33H,1-8,12,27H2,(H2,28,38)(H,32,34)/t14-,15+,20?,24?,25?,26?/m1/s1. The lowest BCUT2D eigenvalue weighted by Crippen LogP contribution is -2.75. The zero-order valence-electron chi connectivity index (χ0n) is 23.0. The molecule has 3 saturated heterocycles. The molecule has 42 heavy (non-hydrogen) atoms. The summed E-state index contributed by atoms with van der Waals surface area (Å²) in [6.07, 6.45) is 3.12. The fourth-order valence-electron chi connectivity index (χ4n) is 6.34. The molecular formula is C26H36N10O4S2. The third kappa shape index (κ3) is 5.31. The molecule has 14 nitrogen and oxygen atoms in total. The lowest BCUT2D eigenvalue weighted by molar-refractivity contribution is -0.130. The normalized spacial score (nSPS) is 30.5. The number of hydrazine groups is 1. The van der Waals surface area contributed by atoms with Gasteiger partial charge < -0.3 is 30.8 Å². The van der Waals surface area contributed by atoms with Gasteiger partial charge in [-0.15, -0.1) is 11.3 Å². The first-order chi connectivity index (χ1) is 20.5. The molecule has 3 aromatic heterocycles. The number of carbonyl (C=O) groups excluding carboxylic acids is 1. The molecule has 1 aliphatic carbocycles. The maximum absolute atomic E-state index is 12.9. The van der Waals surface area contributed by atoms with E-state index in [1.807, 2.05) is 21.4 Å². The van der Waals surface area contributed by atoms with E-state index in [1.165, 1.54) is 22.9 Å². The van der Waals surface area contributed by atoms with Crippen LogP contribution >= 0.6 is 22.9 Å². The summed E-state index contributed by atoms with van der Waals surface area (Å²) in [4.78, 5) is 28.5. The first-order valence-corrected chi connectivity index (χ1v) is 16.1. The molecule has 3 aliphatic heterocycles. The zero-order chi connectivity index (χ0) is 28.8. The Labute approximate surface area is 250 Å². The Bertz CT molecular complexity index is 1490. The third-order valence-electron chi connectivity index (χ3n) is 8.54. The molecule has 1 saturated carbocycles. The molecule has 6 heterocycles. The van der Waals surface area contributed by atoms with Crippen molar-refractivity contribution < 1.29 is 13.9 Å². The number of hydrogen-bond donors (Lipinski definition) is 7. The predicted molar refractivity (Wildman–Crippen MR) is 162 cm³/mol. The topological polar surface area (TPSA) is 188 Å². The van der Waals surface area contributed by atoms with E-state index in [-0.39, 0.29) is 30.0 Å². The van der Waals surface area contributed by atoms with Gasteiger partial charge in [0.2, 0.25) is 11.3 Å². The van der Waals surface area contributed by atoms with Crippen LogP contribution in [0.15, 0.2) is 26.7 Å². The summed E-state index contributed by atoms with van der Waals surface area (Å²) in [6.45, 7) is 3.05. The quantitative estimate of drug-likeness (QED) is 0.189. The van der Waals surface area contributed by atoms with E-state index in [2.05, 4.69) is 31.1 Å². The molecule has 0 bridgehead atoms. The molecule has 4 unspecified atom stereocenters. The number of primary amides is 1. The van der Waals surface area contributed by atoms with Crippen molar-refractivity contribution in [3.8, 4) is 10.4 Å². The number of nitrogens with zero attached hydrogens (tertiary/aromatic N) is 3. The fourth-order valence-corrected chi connectivity index (χ4v) is 8.04. The number of morpholine rings is 1. The molecule has 0 spiro atoms. The van der Waals surface area contributed by atoms with Crippen LogP contribution in [0.4, 0.5) is 11.7 Å². The average molecular weight is 617 g/mol. The number of nitrogens with two attached hydrogens (primary N) is 2. The van der Waals surface area contributed by atoms with Gasteiger partial charge in [-0.1, -0.05) is 12.8 Å². The number of carbonyl (C=O) groups is 1. The van der Waals surface area contributed by atoms with Gasteiger partial charge >= 0.3 is 0 Å². The highest BCUT2D eigenvalue weighted by molar-refractivity contribution is 7.18. The first-order valence-electron chi connectivity index (χ1n) is 14.4. The van der Waals surface area contributed by atoms with Gasteiger partial charge in [-0.25, -0.2) is 5.43 Å². The number of hydrogen-bond acceptors (Lipinski definition) is 15. The second-order valence-electron chi connectivity index (χ2n) is 11.2. The smallest absolute Gasteiger partial charge is 0.227 e. The van der Waals surface area contributed by atoms with E-state index in [9.17, 15) is 9.59 Å². The van der Waals surface area contributed by atoms with Crippen LogP contribution in [-0.2, 0) is 9.53 Å². The van der Waals surface area contributed by atoms with Gasteiger partial charge in [0.1, 0.15) is 22.7 Å². The summed E-state index contributed by atoms with van der Waals surface area (Å²) in [7, 11) is 0. The van der Waals surface area contributed by atoms with Gasteiger partial charge in [-0.05, 0) is 24.4 Å². The maximum atomic E-state index is 12.9. The molecule has 6 atom stereocenters. The predicted octanol–water partition coefficient (Wildman–Crippen LogP) is 0.0938. The molecule has 3 aromatic rings. The van der Waals surface area contributed by atoms with Crippen molar-refractivity contribution in [1.29, 1.82) is 0 Å². The van der Waals surface area contributed by atoms with Crippen LogP contribution in [0.25, 0.3) is 20.7 Å². The van der Waals surface area contributed by atoms with E-state index >= 15 is 0 Å². The van der Waals surface area contributed by atoms with Gasteiger partial charge in [0, 0.05) is 48.2 Å². The minimum Gasteiger partial charge on any atom is -0.439 e. The summed E-state index contributed by atoms with van der Waals surface area (Å²) in [5.74, 6) is 0.111. The number of amides is 1. The lowest BCUT2D eigenvalue weighted by atomic mass is 9.91. The van der Waals surface area contributed by atoms with E-state index in [1.54, 1.807) is 6.07 Å². The van der Waals surface area contributed by atoms with Crippen molar-refractivity contribution in [1.82, 2.24) is 30.8 Å². The molecule has 0 radical (unpaired) electrons. The van der Waals surface area contributed by atoms with Crippen LogP contribution in [0.2, 0.25) is 0 Å². The maximum Gasteiger partial charge on any atom is 0.227 e. The van der Waals surface area contributed by atoms with Gasteiger partial charge in [0.05, 0.1) is 37.1 Å². The van der Waals surface area contributed by atoms with Gasteiger partial charge in [0.15, 0.2) is 11.5 Å². The Morgan fingerprint density at radius 2 is 2.02 bits per heavy atom. The Kier molecular flexibility index (Phi) is 7.89. The Hall–Kier alpha value is -2.67. The first kappa shape index (κ1) is 28.1. The van der Waals surface area contributed by atoms with Gasteiger partial charge in [-0.2, -0.15) is 9.38 Å². The van der Waals surface area contributed by atoms with E-state index in [0.717, 1.165) is 36.1 Å². The number of anilines is 2. The molecule has 7 rings (SSSR count). The number of thiophene rings is 1. The highest BCUT2D eigenvalue weighted by Crippen LogP contribution is 2.38. The zero-order valence-corrected chi connectivity index (χ0v) is 24.6. The lowest BCUT2D eigenvalue weighted by Gasteiger charge is -2.47. The Morgan fingerprint density at radius 1 is 1.19 bits per heavy atom. The van der Waals surface area contributed by atoms with Crippen LogP contribution < -0.4 is 48.5 Å². The van der Waals surface area contributed by atoms with Gasteiger partial charge in [0.25, 0.3) is 0 Å². The molecule has 0 aromatic carbocycles. The fraction of sp³-hybridized carbons (Fsp3) is 0.577. The van der Waals surface area contributed by atoms with E-state index in [4.69, 9.17) is 20.6 Å². The largest absolute Gasteiger partial charge is 0.439 e. The van der Waals surface area contributed by atoms with Crippen LogP contribution in [0.5, 0.6) is 0 Å². The molecule has 4 fully saturated rings. The molecule has 9 N–H and O–H groups in total. The number of fused-ring (bicyclic) bond motifs is 2. The highest BCUT2D eigenvalue weighted by Gasteiger charge is 2.49. The van der Waals surface area contributed by atoms with Gasteiger partial charge in [-0.3, -0.25) is 25.5 Å². The Morgan fingerprint density at radius 3 is 2.83 bits per heavy atom. The SMILES string of the molecule is NC(=O)C1C(Nc2cc(-c3csc4c(=O)cc(N5CCOCC5)oc34)sn2)NC(N[C@H]2CCCC[C@H]2N)N2NCNC12. The summed E-state index contributed by atoms with van der Waals surface area (Å²) >= 11 is 2.66. The van der Waals surface area contributed by atoms with E-state index < -0.39 is 18.0 Å². The molecule has 16 heteroatoms. The molecule has 4 aliphatic rings. The van der Waals surface area contributed by atoms with Crippen molar-refractivity contribution in [3.05, 3.63) is 27.7 Å². The van der Waals surface area contributed by atoms with Crippen LogP contribution in [0.3, 0.4) is 0 Å². The third-order valence-corrected chi connectivity index (χ3v) is 10.3. The summed E-state index contributed by atoms with van der Waals surface area (Å²) in [5.41, 5.74) is 17.0. The van der Waals surface area contributed by atoms with E-state index in [0.29, 0.717) is 55.0 Å². The number of rotatable bonds is 7. The highest BCUT2D eigenvalue weighted by atomic mass is 32.1. The number of nitrogens with one attached hydrogen (secondary N) is 5. The van der Waals surface area contributed by atoms with Crippen molar-refractivity contribution >= 4 is 50.8 Å². The van der Waals surface area contributed by atoms with Crippen molar-refractivity contribution in [2.45, 2.75) is 56.4 Å². The van der Waals surface area contributed by atoms with Crippen LogP contribution in [-0.4, -0.2) is 79.0 Å². The van der Waals surface area contributed by atoms with Crippen LogP contribution in [0, 0.1) is 5.92 Å². The molecular weight excluding hydrogens is 580 g/mol. The van der Waals surface area contributed by atoms with Crippen molar-refractivity contribution in [2.75, 3.05) is 43.2 Å².